The highest BCUT2D eigenvalue weighted by Crippen LogP contribution is 2.38. The van der Waals surface area contributed by atoms with Crippen molar-refractivity contribution >= 4 is 64.6 Å². The van der Waals surface area contributed by atoms with Crippen molar-refractivity contribution in [3.05, 3.63) is 154 Å². The maximum atomic E-state index is 14.4. The van der Waals surface area contributed by atoms with Crippen LogP contribution in [0.4, 0.5) is 23.2 Å². The molecular weight excluding hydrogens is 885 g/mol. The highest BCUT2D eigenvalue weighted by Gasteiger charge is 2.31. The molecule has 7 aromatic rings. The number of benzene rings is 4. The molecule has 0 saturated carbocycles. The molecule has 4 aromatic carbocycles. The molecule has 21 heteroatoms. The Labute approximate surface area is 364 Å². The van der Waals surface area contributed by atoms with Crippen LogP contribution in [0.5, 0.6) is 0 Å². The second-order valence-corrected chi connectivity index (χ2v) is 13.4. The Hall–Kier alpha value is -6.99. The van der Waals surface area contributed by atoms with Crippen molar-refractivity contribution in [2.24, 2.45) is 5.84 Å². The van der Waals surface area contributed by atoms with Crippen molar-refractivity contribution in [1.82, 2.24) is 25.0 Å². The number of aldehydes is 1. The fourth-order valence-corrected chi connectivity index (χ4v) is 6.07. The summed E-state index contributed by atoms with van der Waals surface area (Å²) in [5.41, 5.74) is 2.02. The first-order valence-corrected chi connectivity index (χ1v) is 18.5. The molecule has 0 saturated heterocycles. The number of ether oxygens (including phenoxy) is 1. The van der Waals surface area contributed by atoms with Crippen LogP contribution >= 0.6 is 35.1 Å². The molecule has 0 atom stereocenters. The summed E-state index contributed by atoms with van der Waals surface area (Å²) in [5.74, 6) is 0.650. The molecule has 0 amide bonds. The third-order valence-electron chi connectivity index (χ3n) is 8.21. The number of carbonyl (C=O) groups is 3. The summed E-state index contributed by atoms with van der Waals surface area (Å²) in [6, 6.07) is 20.2. The first-order chi connectivity index (χ1) is 29.8. The maximum absolute atomic E-state index is 14.4. The Morgan fingerprint density at radius 3 is 1.87 bits per heavy atom. The van der Waals surface area contributed by atoms with E-state index in [1.54, 1.807) is 49.3 Å². The third-order valence-corrected chi connectivity index (χ3v) is 8.98. The Morgan fingerprint density at radius 1 is 0.790 bits per heavy atom. The quantitative estimate of drug-likeness (QED) is 0.0331. The SMILES string of the molecule is COC(=O)c1c(-c2c(F)cccc2Cl)noc1/C(C=O)=C/N(C)C.NNc1ccccc1F.O=C(OCl)c1c(-c2c(F)cccc2Cl)noc1-c1cnn(-c2ccccc2F)c1. The molecule has 0 aliphatic heterocycles. The molecule has 7 rings (SSSR count). The summed E-state index contributed by atoms with van der Waals surface area (Å²) in [6.45, 7) is 0. The predicted octanol–water partition coefficient (Wildman–Crippen LogP) is 9.57. The molecular formula is C41H30Cl3F4N7O7. The number of esters is 1. The number of hydrogen-bond donors (Lipinski definition) is 2. The van der Waals surface area contributed by atoms with Gasteiger partial charge < -0.3 is 28.4 Å². The zero-order chi connectivity index (χ0) is 45.1. The van der Waals surface area contributed by atoms with Gasteiger partial charge in [-0.25, -0.2) is 31.8 Å². The molecule has 0 fully saturated rings. The highest BCUT2D eigenvalue weighted by molar-refractivity contribution is 6.34. The van der Waals surface area contributed by atoms with Crippen molar-refractivity contribution in [2.75, 3.05) is 26.6 Å². The van der Waals surface area contributed by atoms with Gasteiger partial charge in [-0.05, 0) is 48.5 Å². The van der Waals surface area contributed by atoms with Gasteiger partial charge in [0.05, 0.1) is 51.3 Å². The molecule has 0 unspecified atom stereocenters. The van der Waals surface area contributed by atoms with Crippen LogP contribution < -0.4 is 11.3 Å². The normalized spacial score (nSPS) is 10.8. The topological polar surface area (TPSA) is 181 Å². The number of nitrogens with two attached hydrogens (primary N) is 1. The van der Waals surface area contributed by atoms with Gasteiger partial charge in [0.25, 0.3) is 0 Å². The van der Waals surface area contributed by atoms with Gasteiger partial charge in [0.1, 0.15) is 63.3 Å². The lowest BCUT2D eigenvalue weighted by Gasteiger charge is -2.07. The van der Waals surface area contributed by atoms with Crippen LogP contribution in [-0.2, 0) is 13.8 Å². The highest BCUT2D eigenvalue weighted by atomic mass is 35.5. The van der Waals surface area contributed by atoms with E-state index in [0.717, 1.165) is 13.2 Å². The smallest absolute Gasteiger partial charge is 0.362 e. The molecule has 14 nitrogen and oxygen atoms in total. The molecule has 0 spiro atoms. The standard InChI is InChI=1S/C19H9Cl2F2N3O3.C16H14ClFN2O4.C6H7FN2/c20-11-4-3-6-13(23)15(11)17-16(19(27)28-21)18(29-25-17)10-8-24-26(9-10)14-7-2-1-5-12(14)22;1-20(2)7-9(8-21)15-13(16(22)23-3)14(19-24-15)12-10(17)5-4-6-11(12)18;7-5-3-1-2-4-6(5)9-8/h1-9H;4-8H,1-3H3;1-4,9H,8H2/b;9-7+;. The maximum Gasteiger partial charge on any atom is 0.362 e. The van der Waals surface area contributed by atoms with Crippen LogP contribution in [-0.4, -0.2) is 64.4 Å². The number of nitrogens with zero attached hydrogens (tertiary/aromatic N) is 5. The zero-order valence-electron chi connectivity index (χ0n) is 32.2. The number of nitrogens with one attached hydrogen (secondary N) is 1. The number of nitrogen functional groups attached to an aromatic ring is 1. The monoisotopic (exact) mass is 913 g/mol. The number of halogens is 7. The molecule has 3 N–H and O–H groups in total. The van der Waals surface area contributed by atoms with Crippen LogP contribution in [0.2, 0.25) is 10.0 Å². The van der Waals surface area contributed by atoms with E-state index < -0.39 is 29.4 Å². The largest absolute Gasteiger partial charge is 0.465 e. The molecule has 3 aromatic heterocycles. The predicted molar refractivity (Wildman–Crippen MR) is 221 cm³/mol. The molecule has 320 valence electrons. The van der Waals surface area contributed by atoms with E-state index >= 15 is 0 Å². The molecule has 0 radical (unpaired) electrons. The van der Waals surface area contributed by atoms with Gasteiger partial charge >= 0.3 is 11.9 Å². The molecule has 0 aliphatic carbocycles. The number of carbonyl (C=O) groups excluding carboxylic acids is 3. The molecule has 3 heterocycles. The van der Waals surface area contributed by atoms with Gasteiger partial charge in [-0.15, -0.1) is 0 Å². The average molecular weight is 915 g/mol. The zero-order valence-corrected chi connectivity index (χ0v) is 34.5. The van der Waals surface area contributed by atoms with E-state index in [1.807, 2.05) is 0 Å². The summed E-state index contributed by atoms with van der Waals surface area (Å²) in [7, 11) is 4.53. The number of hydrazine groups is 1. The second kappa shape index (κ2) is 21.0. The number of aromatic nitrogens is 4. The first-order valence-electron chi connectivity index (χ1n) is 17.4. The fraction of sp³-hybridized carbons (Fsp3) is 0.0732. The minimum atomic E-state index is -1.03. The van der Waals surface area contributed by atoms with Crippen LogP contribution in [0.25, 0.3) is 45.1 Å². The molecule has 62 heavy (non-hydrogen) atoms. The van der Waals surface area contributed by atoms with Gasteiger partial charge in [0.2, 0.25) is 0 Å². The number of para-hydroxylation sites is 2. The molecule has 0 bridgehead atoms. The third kappa shape index (κ3) is 10.3. The Kier molecular flexibility index (Phi) is 15.6. The van der Waals surface area contributed by atoms with Crippen molar-refractivity contribution in [2.45, 2.75) is 0 Å². The minimum Gasteiger partial charge on any atom is -0.465 e. The van der Waals surface area contributed by atoms with Crippen LogP contribution in [0.3, 0.4) is 0 Å². The minimum absolute atomic E-state index is 0.00974. The number of methoxy groups -OCH3 is 1. The van der Waals surface area contributed by atoms with E-state index in [-0.39, 0.29) is 77.8 Å². The summed E-state index contributed by atoms with van der Waals surface area (Å²) < 4.78 is 75.7. The summed E-state index contributed by atoms with van der Waals surface area (Å²) in [4.78, 5) is 37.4. The lowest BCUT2D eigenvalue weighted by atomic mass is 10.0. The van der Waals surface area contributed by atoms with Crippen molar-refractivity contribution in [1.29, 1.82) is 0 Å². The lowest BCUT2D eigenvalue weighted by molar-refractivity contribution is -0.103. The van der Waals surface area contributed by atoms with E-state index in [1.165, 1.54) is 71.8 Å². The van der Waals surface area contributed by atoms with Crippen LogP contribution in [0.1, 0.15) is 26.5 Å². The van der Waals surface area contributed by atoms with Crippen molar-refractivity contribution < 1.29 is 50.0 Å². The van der Waals surface area contributed by atoms with E-state index in [9.17, 15) is 31.9 Å². The van der Waals surface area contributed by atoms with Gasteiger partial charge in [0.15, 0.2) is 17.8 Å². The van der Waals surface area contributed by atoms with Crippen molar-refractivity contribution in [3.8, 4) is 39.5 Å². The Balaban J connectivity index is 0.000000198. The number of hydrogen-bond acceptors (Lipinski definition) is 13. The van der Waals surface area contributed by atoms with Gasteiger partial charge in [-0.1, -0.05) is 69.9 Å². The van der Waals surface area contributed by atoms with Crippen molar-refractivity contribution in [3.63, 3.8) is 0 Å². The Morgan fingerprint density at radius 2 is 1.35 bits per heavy atom. The van der Waals surface area contributed by atoms with Gasteiger partial charge in [0, 0.05) is 26.5 Å². The van der Waals surface area contributed by atoms with Gasteiger partial charge in [-0.3, -0.25) is 10.6 Å². The molecule has 0 aliphatic rings. The van der Waals surface area contributed by atoms with Gasteiger partial charge in [-0.2, -0.15) is 5.10 Å². The van der Waals surface area contributed by atoms with E-state index in [2.05, 4.69) is 25.1 Å². The summed E-state index contributed by atoms with van der Waals surface area (Å²) in [5, 5.41) is 11.6. The number of allylic oxidation sites excluding steroid dienone is 1. The van der Waals surface area contributed by atoms with Crippen LogP contribution in [0.15, 0.2) is 113 Å². The second-order valence-electron chi connectivity index (χ2n) is 12.4. The average Bonchev–Trinajstić information content (AvgIpc) is 4.03. The summed E-state index contributed by atoms with van der Waals surface area (Å²) in [6.07, 6.45) is 4.67. The van der Waals surface area contributed by atoms with Crippen LogP contribution in [0, 0.1) is 23.3 Å². The van der Waals surface area contributed by atoms with E-state index in [0.29, 0.717) is 12.0 Å². The number of anilines is 1. The summed E-state index contributed by atoms with van der Waals surface area (Å²) >= 11 is 17.3. The lowest BCUT2D eigenvalue weighted by Crippen LogP contribution is -2.08. The first kappa shape index (κ1) is 46.1. The fourth-order valence-electron chi connectivity index (χ4n) is 5.49. The Bertz CT molecular complexity index is 2720. The number of rotatable bonds is 10. The van der Waals surface area contributed by atoms with E-state index in [4.69, 9.17) is 54.7 Å².